The number of carbonyl (C=O) groups excluding carboxylic acids is 5. The molecule has 3 aromatic carbocycles. The minimum atomic E-state index is -1.61. The number of nitrogens with one attached hydrogen (secondary N) is 1. The van der Waals surface area contributed by atoms with Gasteiger partial charge in [0.1, 0.15) is 5.82 Å². The molecular formula is C35H29ClFN3O8. The Balaban J connectivity index is 1.46. The predicted octanol–water partition coefficient (Wildman–Crippen LogP) is 4.94. The molecule has 2 saturated heterocycles. The molecule has 1 saturated carbocycles. The van der Waals surface area contributed by atoms with E-state index in [2.05, 4.69) is 5.43 Å². The van der Waals surface area contributed by atoms with Crippen molar-refractivity contribution >= 4 is 47.0 Å². The zero-order valence-electron chi connectivity index (χ0n) is 25.7. The maximum atomic E-state index is 15.1. The summed E-state index contributed by atoms with van der Waals surface area (Å²) in [6.07, 6.45) is 0.820. The molecule has 6 atom stereocenters. The Morgan fingerprint density at radius 1 is 0.958 bits per heavy atom. The van der Waals surface area contributed by atoms with Crippen LogP contribution in [0.2, 0.25) is 5.02 Å². The van der Waals surface area contributed by atoms with Gasteiger partial charge in [-0.2, -0.15) is 9.91 Å². The molecule has 2 aliphatic carbocycles. The number of amides is 5. The van der Waals surface area contributed by atoms with Gasteiger partial charge in [-0.3, -0.25) is 24.6 Å². The van der Waals surface area contributed by atoms with E-state index in [0.717, 1.165) is 12.1 Å². The van der Waals surface area contributed by atoms with Gasteiger partial charge in [-0.05, 0) is 78.4 Å². The van der Waals surface area contributed by atoms with Crippen molar-refractivity contribution in [3.8, 4) is 11.5 Å². The summed E-state index contributed by atoms with van der Waals surface area (Å²) in [4.78, 5) is 70.0. The number of imide groups is 4. The molecule has 13 heteroatoms. The first kappa shape index (κ1) is 31.4. The van der Waals surface area contributed by atoms with E-state index < -0.39 is 70.5 Å². The van der Waals surface area contributed by atoms with Gasteiger partial charge < -0.3 is 14.6 Å². The molecule has 11 nitrogen and oxygen atoms in total. The summed E-state index contributed by atoms with van der Waals surface area (Å²) in [5, 5.41) is 11.9. The number of methoxy groups -OCH3 is 2. The first-order valence-electron chi connectivity index (χ1n) is 15.2. The van der Waals surface area contributed by atoms with Crippen molar-refractivity contribution in [3.63, 3.8) is 0 Å². The molecule has 3 aromatic rings. The standard InChI is InChI=1S/C35H29ClFN3O8/c1-47-27-15-17(3-14-26(27)41)29-22-12-13-23-28(32(44)39(30(23)42)34(46)48-2)24(22)16-25-31(43)40(38-21-10-8-20(37)9-11-21)33(45)35(25,29)18-4-6-19(36)7-5-18/h3-12,14-15,23-25,28-29,38,41H,13,16H2,1-2H3. The number of halogens is 2. The molecule has 5 amide bonds. The number of hydrogen-bond donors (Lipinski definition) is 2. The molecule has 2 heterocycles. The number of nitrogens with zero attached hydrogens (tertiary/aromatic N) is 2. The number of fused-ring (bicyclic) bond motifs is 4. The number of ether oxygens (including phenoxy) is 2. The minimum absolute atomic E-state index is 0.0124. The third kappa shape index (κ3) is 4.42. The Labute approximate surface area is 278 Å². The van der Waals surface area contributed by atoms with Gasteiger partial charge in [0.2, 0.25) is 11.8 Å². The zero-order valence-corrected chi connectivity index (χ0v) is 26.4. The van der Waals surface area contributed by atoms with Gasteiger partial charge in [-0.25, -0.2) is 9.18 Å². The Bertz CT molecular complexity index is 1920. The first-order valence-corrected chi connectivity index (χ1v) is 15.6. The largest absolute Gasteiger partial charge is 0.504 e. The lowest BCUT2D eigenvalue weighted by molar-refractivity contribution is -0.140. The average Bonchev–Trinajstić information content (AvgIpc) is 3.47. The van der Waals surface area contributed by atoms with Crippen molar-refractivity contribution in [1.29, 1.82) is 0 Å². The first-order chi connectivity index (χ1) is 23.0. The number of hydrazine groups is 1. The van der Waals surface area contributed by atoms with Crippen molar-refractivity contribution in [2.45, 2.75) is 24.2 Å². The van der Waals surface area contributed by atoms with Crippen LogP contribution in [0.5, 0.6) is 11.5 Å². The van der Waals surface area contributed by atoms with Gasteiger partial charge in [0.15, 0.2) is 11.5 Å². The molecular weight excluding hydrogens is 645 g/mol. The van der Waals surface area contributed by atoms with E-state index in [1.807, 2.05) is 6.08 Å². The van der Waals surface area contributed by atoms with E-state index in [1.54, 1.807) is 36.4 Å². The van der Waals surface area contributed by atoms with Crippen LogP contribution in [0, 0.1) is 29.5 Å². The lowest BCUT2D eigenvalue weighted by Gasteiger charge is -2.50. The molecule has 0 spiro atoms. The fraction of sp³-hybridized carbons (Fsp3) is 0.286. The van der Waals surface area contributed by atoms with Gasteiger partial charge in [0.25, 0.3) is 11.8 Å². The second-order valence-corrected chi connectivity index (χ2v) is 12.7. The van der Waals surface area contributed by atoms with Crippen LogP contribution in [0.4, 0.5) is 14.9 Å². The SMILES string of the molecule is COC(=O)N1C(=O)C2CC=C3C(CC4C(=O)N(Nc5ccc(F)cc5)C(=O)C4(c4ccc(Cl)cc4)C3c3ccc(O)c(OC)c3)C2C1=O. The molecule has 0 aromatic heterocycles. The van der Waals surface area contributed by atoms with E-state index in [4.69, 9.17) is 21.1 Å². The summed E-state index contributed by atoms with van der Waals surface area (Å²) in [6.45, 7) is 0. The van der Waals surface area contributed by atoms with Crippen LogP contribution in [0.15, 0.2) is 78.4 Å². The monoisotopic (exact) mass is 673 g/mol. The van der Waals surface area contributed by atoms with Gasteiger partial charge in [-0.15, -0.1) is 0 Å². The highest BCUT2D eigenvalue weighted by Crippen LogP contribution is 2.64. The average molecular weight is 674 g/mol. The highest BCUT2D eigenvalue weighted by atomic mass is 35.5. The molecule has 3 fully saturated rings. The lowest BCUT2D eigenvalue weighted by Crippen LogP contribution is -2.53. The number of phenolic OH excluding ortho intramolecular Hbond substituents is 1. The number of carbonyl (C=O) groups is 5. The summed E-state index contributed by atoms with van der Waals surface area (Å²) in [5.74, 6) is -7.75. The van der Waals surface area contributed by atoms with E-state index in [1.165, 1.54) is 37.4 Å². The van der Waals surface area contributed by atoms with Crippen LogP contribution in [0.25, 0.3) is 0 Å². The molecule has 246 valence electrons. The van der Waals surface area contributed by atoms with Crippen molar-refractivity contribution in [1.82, 2.24) is 9.91 Å². The van der Waals surface area contributed by atoms with E-state index in [-0.39, 0.29) is 30.0 Å². The Kier molecular flexibility index (Phi) is 7.50. The van der Waals surface area contributed by atoms with Gasteiger partial charge in [0, 0.05) is 10.9 Å². The number of phenols is 1. The molecule has 0 bridgehead atoms. The molecule has 2 aliphatic heterocycles. The molecule has 4 aliphatic rings. The van der Waals surface area contributed by atoms with Crippen LogP contribution in [0.1, 0.15) is 29.9 Å². The highest BCUT2D eigenvalue weighted by molar-refractivity contribution is 6.30. The summed E-state index contributed by atoms with van der Waals surface area (Å²) >= 11 is 6.30. The Morgan fingerprint density at radius 2 is 1.67 bits per heavy atom. The van der Waals surface area contributed by atoms with E-state index in [9.17, 15) is 28.7 Å². The smallest absolute Gasteiger partial charge is 0.423 e. The number of anilines is 1. The maximum Gasteiger partial charge on any atom is 0.423 e. The minimum Gasteiger partial charge on any atom is -0.504 e. The summed E-state index contributed by atoms with van der Waals surface area (Å²) in [5.41, 5.74) is 3.16. The Hall–Kier alpha value is -5.23. The second-order valence-electron chi connectivity index (χ2n) is 12.3. The number of likely N-dealkylation sites (tertiary alicyclic amines) is 1. The molecule has 0 radical (unpaired) electrons. The van der Waals surface area contributed by atoms with Gasteiger partial charge in [0.05, 0.1) is 43.1 Å². The van der Waals surface area contributed by atoms with Crippen molar-refractivity contribution in [2.75, 3.05) is 19.6 Å². The maximum absolute atomic E-state index is 15.1. The Morgan fingerprint density at radius 3 is 2.33 bits per heavy atom. The predicted molar refractivity (Wildman–Crippen MR) is 168 cm³/mol. The van der Waals surface area contributed by atoms with Crippen molar-refractivity contribution in [3.05, 3.63) is 100 Å². The van der Waals surface area contributed by atoms with Crippen LogP contribution in [-0.4, -0.2) is 59.0 Å². The number of rotatable bonds is 5. The van der Waals surface area contributed by atoms with E-state index in [0.29, 0.717) is 26.6 Å². The van der Waals surface area contributed by atoms with Crippen LogP contribution in [0.3, 0.4) is 0 Å². The van der Waals surface area contributed by atoms with Gasteiger partial charge in [-0.1, -0.05) is 41.4 Å². The lowest BCUT2D eigenvalue weighted by atomic mass is 9.49. The quantitative estimate of drug-likeness (QED) is 0.284. The number of benzene rings is 3. The molecule has 7 rings (SSSR count). The number of aromatic hydroxyl groups is 1. The van der Waals surface area contributed by atoms with Crippen LogP contribution in [-0.2, 0) is 29.3 Å². The fourth-order valence-corrected chi connectivity index (χ4v) is 8.30. The van der Waals surface area contributed by atoms with Gasteiger partial charge >= 0.3 is 6.09 Å². The molecule has 2 N–H and O–H groups in total. The third-order valence-corrected chi connectivity index (χ3v) is 10.4. The fourth-order valence-electron chi connectivity index (χ4n) is 8.18. The third-order valence-electron chi connectivity index (χ3n) is 10.2. The zero-order chi connectivity index (χ0) is 34.1. The summed E-state index contributed by atoms with van der Waals surface area (Å²) in [7, 11) is 2.46. The topological polar surface area (TPSA) is 143 Å². The van der Waals surface area contributed by atoms with Crippen LogP contribution >= 0.6 is 11.6 Å². The molecule has 48 heavy (non-hydrogen) atoms. The van der Waals surface area contributed by atoms with Crippen LogP contribution < -0.4 is 10.2 Å². The highest BCUT2D eigenvalue weighted by Gasteiger charge is 2.70. The normalized spacial score (nSPS) is 27.7. The van der Waals surface area contributed by atoms with E-state index >= 15 is 4.79 Å². The number of allylic oxidation sites excluding steroid dienone is 2. The van der Waals surface area contributed by atoms with Crippen molar-refractivity contribution in [2.24, 2.45) is 23.7 Å². The van der Waals surface area contributed by atoms with Crippen molar-refractivity contribution < 1.29 is 42.9 Å². The summed E-state index contributed by atoms with van der Waals surface area (Å²) < 4.78 is 24.0. The molecule has 6 unspecified atom stereocenters. The summed E-state index contributed by atoms with van der Waals surface area (Å²) in [6, 6.07) is 16.4. The number of hydrogen-bond acceptors (Lipinski definition) is 9. The second kappa shape index (κ2) is 11.5.